The van der Waals surface area contributed by atoms with Crippen LogP contribution in [0.5, 0.6) is 0 Å². The highest BCUT2D eigenvalue weighted by molar-refractivity contribution is 6.07. The van der Waals surface area contributed by atoms with Crippen molar-refractivity contribution in [3.8, 4) is 11.3 Å². The highest BCUT2D eigenvalue weighted by Crippen LogP contribution is 2.24. The number of aromatic nitrogens is 3. The van der Waals surface area contributed by atoms with Crippen molar-refractivity contribution in [2.24, 2.45) is 12.1 Å². The number of fused-ring (bicyclic) bond motifs is 1. The molecule has 27 heavy (non-hydrogen) atoms. The van der Waals surface area contributed by atoms with Gasteiger partial charge < -0.3 is 4.57 Å². The Morgan fingerprint density at radius 2 is 1.93 bits per heavy atom. The summed E-state index contributed by atoms with van der Waals surface area (Å²) in [6.07, 6.45) is 6.94. The van der Waals surface area contributed by atoms with Crippen LogP contribution in [0.1, 0.15) is 16.1 Å². The molecule has 3 aromatic heterocycles. The Kier molecular flexibility index (Phi) is 4.45. The van der Waals surface area contributed by atoms with E-state index in [1.807, 2.05) is 66.3 Å². The molecule has 0 saturated heterocycles. The van der Waals surface area contributed by atoms with Crippen LogP contribution in [0.4, 0.5) is 0 Å². The van der Waals surface area contributed by atoms with Crippen molar-refractivity contribution in [1.29, 1.82) is 0 Å². The van der Waals surface area contributed by atoms with Crippen LogP contribution in [0.15, 0.2) is 78.3 Å². The number of aryl methyl sites for hydroxylation is 1. The lowest BCUT2D eigenvalue weighted by Crippen LogP contribution is -2.18. The van der Waals surface area contributed by atoms with Gasteiger partial charge >= 0.3 is 0 Å². The molecular weight excluding hydrogens is 338 g/mol. The SMILES string of the molecule is Cn1cccc1/C=N\NC(=O)c1cc(-c2ccncc2)nc2ccccc12. The molecule has 0 aliphatic rings. The molecule has 132 valence electrons. The van der Waals surface area contributed by atoms with Gasteiger partial charge in [0.15, 0.2) is 0 Å². The van der Waals surface area contributed by atoms with E-state index < -0.39 is 0 Å². The average molecular weight is 355 g/mol. The van der Waals surface area contributed by atoms with Gasteiger partial charge in [-0.3, -0.25) is 9.78 Å². The van der Waals surface area contributed by atoms with E-state index in [1.54, 1.807) is 24.7 Å². The predicted molar refractivity (Wildman–Crippen MR) is 105 cm³/mol. The summed E-state index contributed by atoms with van der Waals surface area (Å²) in [6, 6.07) is 16.9. The molecule has 1 amide bonds. The number of nitrogens with one attached hydrogen (secondary N) is 1. The van der Waals surface area contributed by atoms with Crippen molar-refractivity contribution < 1.29 is 4.79 Å². The number of carbonyl (C=O) groups is 1. The molecule has 4 aromatic rings. The molecule has 0 unspecified atom stereocenters. The summed E-state index contributed by atoms with van der Waals surface area (Å²) in [7, 11) is 1.92. The van der Waals surface area contributed by atoms with E-state index in [1.165, 1.54) is 0 Å². The molecule has 0 radical (unpaired) electrons. The number of hydrogen-bond acceptors (Lipinski definition) is 4. The van der Waals surface area contributed by atoms with Crippen LogP contribution in [0.25, 0.3) is 22.2 Å². The van der Waals surface area contributed by atoms with Crippen LogP contribution in [-0.4, -0.2) is 26.7 Å². The van der Waals surface area contributed by atoms with Gasteiger partial charge in [-0.05, 0) is 36.4 Å². The van der Waals surface area contributed by atoms with E-state index in [0.29, 0.717) is 11.3 Å². The van der Waals surface area contributed by atoms with E-state index in [4.69, 9.17) is 0 Å². The molecule has 0 fully saturated rings. The number of para-hydroxylation sites is 1. The van der Waals surface area contributed by atoms with Gasteiger partial charge in [0.1, 0.15) is 0 Å². The van der Waals surface area contributed by atoms with E-state index >= 15 is 0 Å². The lowest BCUT2D eigenvalue weighted by molar-refractivity contribution is 0.0956. The molecule has 0 saturated carbocycles. The monoisotopic (exact) mass is 355 g/mol. The maximum atomic E-state index is 12.8. The predicted octanol–water partition coefficient (Wildman–Crippen LogP) is 3.40. The van der Waals surface area contributed by atoms with Crippen LogP contribution >= 0.6 is 0 Å². The fraction of sp³-hybridized carbons (Fsp3) is 0.0476. The summed E-state index contributed by atoms with van der Waals surface area (Å²) >= 11 is 0. The third-order valence-electron chi connectivity index (χ3n) is 4.28. The lowest BCUT2D eigenvalue weighted by atomic mass is 10.0. The molecule has 0 bridgehead atoms. The molecular formula is C21H17N5O. The minimum Gasteiger partial charge on any atom is -0.350 e. The van der Waals surface area contributed by atoms with E-state index in [0.717, 1.165) is 22.2 Å². The lowest BCUT2D eigenvalue weighted by Gasteiger charge is -2.09. The molecule has 6 nitrogen and oxygen atoms in total. The highest BCUT2D eigenvalue weighted by Gasteiger charge is 2.13. The first kappa shape index (κ1) is 16.7. The maximum Gasteiger partial charge on any atom is 0.272 e. The summed E-state index contributed by atoms with van der Waals surface area (Å²) in [4.78, 5) is 21.5. The fourth-order valence-corrected chi connectivity index (χ4v) is 2.86. The Morgan fingerprint density at radius 1 is 1.11 bits per heavy atom. The second-order valence-electron chi connectivity index (χ2n) is 6.05. The summed E-state index contributed by atoms with van der Waals surface area (Å²) in [5, 5.41) is 4.86. The van der Waals surface area contributed by atoms with Gasteiger partial charge in [-0.2, -0.15) is 5.10 Å². The number of amides is 1. The number of nitrogens with zero attached hydrogens (tertiary/aromatic N) is 4. The quantitative estimate of drug-likeness (QED) is 0.450. The van der Waals surface area contributed by atoms with Crippen molar-refractivity contribution in [1.82, 2.24) is 20.0 Å². The van der Waals surface area contributed by atoms with Crippen molar-refractivity contribution in [2.45, 2.75) is 0 Å². The van der Waals surface area contributed by atoms with Crippen LogP contribution in [-0.2, 0) is 7.05 Å². The molecule has 1 aromatic carbocycles. The zero-order chi connectivity index (χ0) is 18.6. The molecule has 0 aliphatic carbocycles. The molecule has 1 N–H and O–H groups in total. The number of pyridine rings is 2. The Hall–Kier alpha value is -3.80. The number of carbonyl (C=O) groups excluding carboxylic acids is 1. The molecule has 3 heterocycles. The fourth-order valence-electron chi connectivity index (χ4n) is 2.86. The van der Waals surface area contributed by atoms with Crippen LogP contribution < -0.4 is 5.43 Å². The zero-order valence-electron chi connectivity index (χ0n) is 14.7. The molecule has 0 spiro atoms. The first-order chi connectivity index (χ1) is 13.2. The summed E-state index contributed by atoms with van der Waals surface area (Å²) in [5.41, 5.74) is 6.40. The van der Waals surface area contributed by atoms with Crippen LogP contribution in [0, 0.1) is 0 Å². The Morgan fingerprint density at radius 3 is 2.70 bits per heavy atom. The smallest absolute Gasteiger partial charge is 0.272 e. The van der Waals surface area contributed by atoms with Crippen molar-refractivity contribution in [3.63, 3.8) is 0 Å². The summed E-state index contributed by atoms with van der Waals surface area (Å²) in [6.45, 7) is 0. The number of hydrogen-bond donors (Lipinski definition) is 1. The van der Waals surface area contributed by atoms with Gasteiger partial charge in [-0.1, -0.05) is 18.2 Å². The standard InChI is InChI=1S/C21H17N5O/c1-26-12-4-5-16(26)14-23-25-21(27)18-13-20(15-8-10-22-11-9-15)24-19-7-3-2-6-17(18)19/h2-14H,1H3,(H,25,27)/b23-14-. The van der Waals surface area contributed by atoms with E-state index in [-0.39, 0.29) is 5.91 Å². The Labute approximate surface area is 156 Å². The maximum absolute atomic E-state index is 12.8. The van der Waals surface area contributed by atoms with Gasteiger partial charge in [0.05, 0.1) is 28.7 Å². The van der Waals surface area contributed by atoms with Crippen molar-refractivity contribution in [3.05, 3.63) is 84.4 Å². The number of benzene rings is 1. The average Bonchev–Trinajstić information content (AvgIpc) is 3.12. The summed E-state index contributed by atoms with van der Waals surface area (Å²) < 4.78 is 1.92. The Balaban J connectivity index is 1.70. The first-order valence-electron chi connectivity index (χ1n) is 8.47. The van der Waals surface area contributed by atoms with Gasteiger partial charge in [-0.25, -0.2) is 10.4 Å². The summed E-state index contributed by atoms with van der Waals surface area (Å²) in [5.74, 6) is -0.283. The minimum absolute atomic E-state index is 0.283. The van der Waals surface area contributed by atoms with Crippen molar-refractivity contribution in [2.75, 3.05) is 0 Å². The Bertz CT molecular complexity index is 1130. The van der Waals surface area contributed by atoms with Crippen LogP contribution in [0.2, 0.25) is 0 Å². The van der Waals surface area contributed by atoms with Crippen molar-refractivity contribution >= 4 is 23.0 Å². The van der Waals surface area contributed by atoms with Gasteiger partial charge in [0.25, 0.3) is 5.91 Å². The molecule has 6 heteroatoms. The molecule has 0 aliphatic heterocycles. The zero-order valence-corrected chi connectivity index (χ0v) is 14.7. The van der Waals surface area contributed by atoms with Gasteiger partial charge in [0.2, 0.25) is 0 Å². The number of hydrazone groups is 1. The minimum atomic E-state index is -0.283. The normalized spacial score (nSPS) is 11.1. The van der Waals surface area contributed by atoms with Crippen LogP contribution in [0.3, 0.4) is 0 Å². The first-order valence-corrected chi connectivity index (χ1v) is 8.47. The second kappa shape index (κ2) is 7.21. The molecule has 0 atom stereocenters. The highest BCUT2D eigenvalue weighted by atomic mass is 16.2. The third-order valence-corrected chi connectivity index (χ3v) is 4.28. The second-order valence-corrected chi connectivity index (χ2v) is 6.05. The largest absolute Gasteiger partial charge is 0.350 e. The van der Waals surface area contributed by atoms with Gasteiger partial charge in [-0.15, -0.1) is 0 Å². The third kappa shape index (κ3) is 3.46. The number of rotatable bonds is 4. The van der Waals surface area contributed by atoms with Gasteiger partial charge in [0, 0.05) is 36.6 Å². The topological polar surface area (TPSA) is 72.2 Å². The van der Waals surface area contributed by atoms with E-state index in [2.05, 4.69) is 20.5 Å². The molecule has 4 rings (SSSR count). The van der Waals surface area contributed by atoms with E-state index in [9.17, 15) is 4.79 Å².